The molecule has 0 amide bonds. The molecule has 8 aromatic carbocycles. The standard InChI is InChI=1S/C46H30N2OS/c1-4-17-33(18-5-1)47(34-19-6-2-7-20-34)40-28-27-37-39-29-31-15-10-11-16-32(31)30-42(39)49-45(37)44(40)48(35-21-8-3-9-22-35)41-25-14-24-38-36-23-12-13-26-43(36)50-46(38)41/h1-30H. The van der Waals surface area contributed by atoms with E-state index in [-0.39, 0.29) is 0 Å². The van der Waals surface area contributed by atoms with Gasteiger partial charge in [0.1, 0.15) is 11.3 Å². The van der Waals surface area contributed by atoms with E-state index < -0.39 is 0 Å². The molecule has 0 saturated carbocycles. The van der Waals surface area contributed by atoms with Crippen LogP contribution < -0.4 is 9.80 Å². The van der Waals surface area contributed by atoms with Crippen LogP contribution >= 0.6 is 11.3 Å². The second-order valence-electron chi connectivity index (χ2n) is 12.5. The second kappa shape index (κ2) is 11.7. The summed E-state index contributed by atoms with van der Waals surface area (Å²) < 4.78 is 9.58. The number of hydrogen-bond acceptors (Lipinski definition) is 4. The molecular weight excluding hydrogens is 629 g/mol. The Kier molecular flexibility index (Phi) is 6.68. The molecule has 10 rings (SSSR count). The molecule has 0 spiro atoms. The lowest BCUT2D eigenvalue weighted by molar-refractivity contribution is 0.669. The normalized spacial score (nSPS) is 11.6. The van der Waals surface area contributed by atoms with Crippen molar-refractivity contribution in [1.29, 1.82) is 0 Å². The van der Waals surface area contributed by atoms with E-state index in [0.29, 0.717) is 0 Å². The van der Waals surface area contributed by atoms with Gasteiger partial charge >= 0.3 is 0 Å². The first-order chi connectivity index (χ1) is 24.8. The Morgan fingerprint density at radius 3 is 1.68 bits per heavy atom. The molecule has 2 heterocycles. The van der Waals surface area contributed by atoms with Gasteiger partial charge in [-0.1, -0.05) is 109 Å². The van der Waals surface area contributed by atoms with Crippen molar-refractivity contribution in [3.8, 4) is 0 Å². The third-order valence-corrected chi connectivity index (χ3v) is 10.8. The summed E-state index contributed by atoms with van der Waals surface area (Å²) in [5.74, 6) is 0. The van der Waals surface area contributed by atoms with Crippen LogP contribution in [0.4, 0.5) is 34.1 Å². The lowest BCUT2D eigenvalue weighted by Crippen LogP contribution is -2.17. The zero-order chi connectivity index (χ0) is 33.0. The number of hydrogen-bond donors (Lipinski definition) is 0. The number of benzene rings is 8. The van der Waals surface area contributed by atoms with Crippen molar-refractivity contribution < 1.29 is 4.42 Å². The third-order valence-electron chi connectivity index (χ3n) is 9.59. The van der Waals surface area contributed by atoms with Gasteiger partial charge in [0.05, 0.1) is 16.1 Å². The van der Waals surface area contributed by atoms with Crippen LogP contribution in [0.25, 0.3) is 52.9 Å². The number of furan rings is 1. The van der Waals surface area contributed by atoms with Crippen LogP contribution in [-0.2, 0) is 0 Å². The smallest absolute Gasteiger partial charge is 0.161 e. The van der Waals surface area contributed by atoms with Crippen LogP contribution in [0.5, 0.6) is 0 Å². The van der Waals surface area contributed by atoms with Gasteiger partial charge in [-0.2, -0.15) is 0 Å². The molecule has 4 heteroatoms. The fourth-order valence-corrected chi connectivity index (χ4v) is 8.56. The maximum absolute atomic E-state index is 7.08. The molecule has 3 nitrogen and oxygen atoms in total. The number of thiophene rings is 1. The predicted molar refractivity (Wildman–Crippen MR) is 213 cm³/mol. The van der Waals surface area contributed by atoms with Crippen molar-refractivity contribution in [2.45, 2.75) is 0 Å². The van der Waals surface area contributed by atoms with E-state index in [4.69, 9.17) is 4.42 Å². The summed E-state index contributed by atoms with van der Waals surface area (Å²) in [6.45, 7) is 0. The van der Waals surface area contributed by atoms with Crippen molar-refractivity contribution >= 4 is 98.3 Å². The third kappa shape index (κ3) is 4.57. The van der Waals surface area contributed by atoms with E-state index in [0.717, 1.165) is 61.4 Å². The zero-order valence-corrected chi connectivity index (χ0v) is 27.8. The molecule has 0 unspecified atom stereocenters. The van der Waals surface area contributed by atoms with E-state index in [2.05, 4.69) is 192 Å². The lowest BCUT2D eigenvalue weighted by atomic mass is 10.0. The summed E-state index contributed by atoms with van der Waals surface area (Å²) in [6.07, 6.45) is 0. The fraction of sp³-hybridized carbons (Fsp3) is 0. The number of rotatable bonds is 6. The van der Waals surface area contributed by atoms with Gasteiger partial charge in [0.15, 0.2) is 5.58 Å². The Labute approximate surface area is 293 Å². The van der Waals surface area contributed by atoms with Gasteiger partial charge in [0.25, 0.3) is 0 Å². The molecule has 0 aliphatic rings. The SMILES string of the molecule is c1ccc(N(c2ccccc2)c2ccc3c(oc4cc5ccccc5cc43)c2N(c2ccccc2)c2cccc3c2sc2ccccc23)cc1. The minimum atomic E-state index is 0.839. The van der Waals surface area contributed by atoms with Crippen molar-refractivity contribution in [2.75, 3.05) is 9.80 Å². The molecule has 2 aromatic heterocycles. The molecule has 0 atom stereocenters. The van der Waals surface area contributed by atoms with Gasteiger partial charge in [0, 0.05) is 43.3 Å². The second-order valence-corrected chi connectivity index (χ2v) is 13.6. The highest BCUT2D eigenvalue weighted by atomic mass is 32.1. The Hall–Kier alpha value is -6.36. The van der Waals surface area contributed by atoms with Crippen molar-refractivity contribution in [3.05, 3.63) is 182 Å². The van der Waals surface area contributed by atoms with Crippen molar-refractivity contribution in [1.82, 2.24) is 0 Å². The molecule has 0 radical (unpaired) electrons. The molecule has 10 aromatic rings. The summed E-state index contributed by atoms with van der Waals surface area (Å²) in [4.78, 5) is 4.76. The van der Waals surface area contributed by atoms with Crippen LogP contribution in [0.1, 0.15) is 0 Å². The first-order valence-electron chi connectivity index (χ1n) is 16.9. The van der Waals surface area contributed by atoms with Crippen LogP contribution in [-0.4, -0.2) is 0 Å². The number of fused-ring (bicyclic) bond motifs is 7. The average Bonchev–Trinajstić information content (AvgIpc) is 3.74. The molecule has 0 aliphatic carbocycles. The summed E-state index contributed by atoms with van der Waals surface area (Å²) in [5.41, 5.74) is 7.99. The first-order valence-corrected chi connectivity index (χ1v) is 17.7. The topological polar surface area (TPSA) is 19.6 Å². The predicted octanol–water partition coefficient (Wildman–Crippen LogP) is 14.0. The Balaban J connectivity index is 1.37. The quantitative estimate of drug-likeness (QED) is 0.177. The largest absolute Gasteiger partial charge is 0.454 e. The minimum absolute atomic E-state index is 0.839. The molecule has 0 bridgehead atoms. The lowest BCUT2D eigenvalue weighted by Gasteiger charge is -2.33. The van der Waals surface area contributed by atoms with Gasteiger partial charge < -0.3 is 14.2 Å². The molecular formula is C46H30N2OS. The van der Waals surface area contributed by atoms with Crippen LogP contribution in [0, 0.1) is 0 Å². The molecule has 50 heavy (non-hydrogen) atoms. The maximum Gasteiger partial charge on any atom is 0.161 e. The average molecular weight is 659 g/mol. The Morgan fingerprint density at radius 2 is 0.980 bits per heavy atom. The monoisotopic (exact) mass is 658 g/mol. The maximum atomic E-state index is 7.08. The van der Waals surface area contributed by atoms with Gasteiger partial charge in [-0.3, -0.25) is 0 Å². The number of para-hydroxylation sites is 3. The Morgan fingerprint density at radius 1 is 0.400 bits per heavy atom. The summed E-state index contributed by atoms with van der Waals surface area (Å²) in [5, 5.41) is 7.05. The zero-order valence-electron chi connectivity index (χ0n) is 27.0. The molecule has 0 N–H and O–H groups in total. The fourth-order valence-electron chi connectivity index (χ4n) is 7.35. The van der Waals surface area contributed by atoms with Gasteiger partial charge in [-0.15, -0.1) is 11.3 Å². The summed E-state index contributed by atoms with van der Waals surface area (Å²) in [6, 6.07) is 64.8. The molecule has 0 fully saturated rings. The Bertz CT molecular complexity index is 2780. The van der Waals surface area contributed by atoms with Gasteiger partial charge in [-0.25, -0.2) is 0 Å². The van der Waals surface area contributed by atoms with E-state index in [1.54, 1.807) is 0 Å². The summed E-state index contributed by atoms with van der Waals surface area (Å²) in [7, 11) is 0. The highest BCUT2D eigenvalue weighted by Gasteiger charge is 2.28. The van der Waals surface area contributed by atoms with Crippen LogP contribution in [0.3, 0.4) is 0 Å². The van der Waals surface area contributed by atoms with Crippen molar-refractivity contribution in [2.24, 2.45) is 0 Å². The van der Waals surface area contributed by atoms with Crippen LogP contribution in [0.2, 0.25) is 0 Å². The minimum Gasteiger partial charge on any atom is -0.454 e. The van der Waals surface area contributed by atoms with Crippen LogP contribution in [0.15, 0.2) is 186 Å². The van der Waals surface area contributed by atoms with Crippen molar-refractivity contribution in [3.63, 3.8) is 0 Å². The molecule has 0 aliphatic heterocycles. The van der Waals surface area contributed by atoms with Gasteiger partial charge in [0.2, 0.25) is 0 Å². The van der Waals surface area contributed by atoms with Gasteiger partial charge in [-0.05, 0) is 83.6 Å². The number of nitrogens with zero attached hydrogens (tertiary/aromatic N) is 2. The first kappa shape index (κ1) is 28.6. The highest BCUT2D eigenvalue weighted by molar-refractivity contribution is 7.26. The van der Waals surface area contributed by atoms with E-state index >= 15 is 0 Å². The number of anilines is 6. The van der Waals surface area contributed by atoms with E-state index in [1.807, 2.05) is 11.3 Å². The highest BCUT2D eigenvalue weighted by Crippen LogP contribution is 2.53. The van der Waals surface area contributed by atoms with E-state index in [1.165, 1.54) is 25.6 Å². The molecule has 236 valence electrons. The van der Waals surface area contributed by atoms with E-state index in [9.17, 15) is 0 Å². The summed E-state index contributed by atoms with van der Waals surface area (Å²) >= 11 is 1.84. The molecule has 0 saturated heterocycles.